The summed E-state index contributed by atoms with van der Waals surface area (Å²) in [4.78, 5) is 9.18. The van der Waals surface area contributed by atoms with E-state index in [1.165, 1.54) is 0 Å². The first-order valence-corrected chi connectivity index (χ1v) is 10.3. The zero-order valence-electron chi connectivity index (χ0n) is 18.1. The van der Waals surface area contributed by atoms with Gasteiger partial charge in [-0.25, -0.2) is 9.98 Å². The molecule has 158 valence electrons. The van der Waals surface area contributed by atoms with E-state index in [-0.39, 0.29) is 0 Å². The van der Waals surface area contributed by atoms with Crippen LogP contribution in [0.4, 0.5) is 11.4 Å². The van der Waals surface area contributed by atoms with Crippen molar-refractivity contribution in [3.63, 3.8) is 0 Å². The predicted molar refractivity (Wildman–Crippen MR) is 131 cm³/mol. The molecule has 4 aromatic rings. The lowest BCUT2D eigenvalue weighted by molar-refractivity contribution is 0.405. The smallest absolute Gasteiger partial charge is 0.220 e. The third-order valence-corrected chi connectivity index (χ3v) is 4.96. The fourth-order valence-corrected chi connectivity index (χ4v) is 3.31. The van der Waals surface area contributed by atoms with E-state index in [2.05, 4.69) is 34.3 Å². The first-order valence-electron chi connectivity index (χ1n) is 10.3. The van der Waals surface area contributed by atoms with Gasteiger partial charge in [-0.3, -0.25) is 0 Å². The molecule has 0 unspecified atom stereocenters. The Hall–Kier alpha value is -4.18. The molecule has 4 aromatic carbocycles. The minimum Gasteiger partial charge on any atom is -0.481 e. The number of ether oxygens (including phenoxy) is 2. The number of nitrogens with zero attached hydrogens (tertiary/aromatic N) is 2. The molecule has 0 aliphatic carbocycles. The average Bonchev–Trinajstić information content (AvgIpc) is 2.87. The van der Waals surface area contributed by atoms with Crippen LogP contribution in [0.1, 0.15) is 11.1 Å². The zero-order chi connectivity index (χ0) is 22.2. The lowest BCUT2D eigenvalue weighted by Crippen LogP contribution is -2.03. The topological polar surface area (TPSA) is 43.2 Å². The van der Waals surface area contributed by atoms with Crippen molar-refractivity contribution in [2.24, 2.45) is 9.98 Å². The van der Waals surface area contributed by atoms with Crippen LogP contribution in [0, 0.1) is 0 Å². The van der Waals surface area contributed by atoms with Gasteiger partial charge >= 0.3 is 0 Å². The largest absolute Gasteiger partial charge is 0.481 e. The molecule has 0 aliphatic heterocycles. The molecule has 4 nitrogen and oxygen atoms in total. The normalized spacial score (nSPS) is 11.8. The van der Waals surface area contributed by atoms with Crippen molar-refractivity contribution < 1.29 is 9.47 Å². The van der Waals surface area contributed by atoms with E-state index in [4.69, 9.17) is 9.47 Å². The van der Waals surface area contributed by atoms with Crippen LogP contribution in [0.2, 0.25) is 0 Å². The summed E-state index contributed by atoms with van der Waals surface area (Å²) in [6, 6.07) is 35.9. The molecule has 0 fully saturated rings. The molecule has 0 N–H and O–H groups in total. The van der Waals surface area contributed by atoms with E-state index in [1.54, 1.807) is 14.2 Å². The van der Waals surface area contributed by atoms with E-state index in [0.29, 0.717) is 11.8 Å². The van der Waals surface area contributed by atoms with Crippen molar-refractivity contribution in [1.29, 1.82) is 0 Å². The van der Waals surface area contributed by atoms with Crippen LogP contribution >= 0.6 is 0 Å². The first kappa shape index (κ1) is 21.1. The molecule has 0 aromatic heterocycles. The maximum absolute atomic E-state index is 5.51. The van der Waals surface area contributed by atoms with E-state index < -0.39 is 0 Å². The number of benzene rings is 4. The van der Waals surface area contributed by atoms with Gasteiger partial charge in [-0.2, -0.15) is 0 Å². The van der Waals surface area contributed by atoms with Gasteiger partial charge in [-0.05, 0) is 59.7 Å². The van der Waals surface area contributed by atoms with Gasteiger partial charge < -0.3 is 9.47 Å². The maximum atomic E-state index is 5.51. The second-order valence-electron chi connectivity index (χ2n) is 7.07. The molecule has 32 heavy (non-hydrogen) atoms. The quantitative estimate of drug-likeness (QED) is 0.263. The lowest BCUT2D eigenvalue weighted by atomic mass is 10.0. The Kier molecular flexibility index (Phi) is 6.73. The molecule has 0 amide bonds. The number of para-hydroxylation sites is 2. The van der Waals surface area contributed by atoms with Crippen molar-refractivity contribution in [2.75, 3.05) is 14.2 Å². The maximum Gasteiger partial charge on any atom is 0.220 e. The summed E-state index contributed by atoms with van der Waals surface area (Å²) in [5, 5.41) is 0. The van der Waals surface area contributed by atoms with E-state index in [9.17, 15) is 0 Å². The summed E-state index contributed by atoms with van der Waals surface area (Å²) in [6.45, 7) is 0. The Bertz CT molecular complexity index is 1100. The minimum atomic E-state index is 0.583. The van der Waals surface area contributed by atoms with Crippen molar-refractivity contribution in [3.05, 3.63) is 120 Å². The highest BCUT2D eigenvalue weighted by Crippen LogP contribution is 2.23. The third kappa shape index (κ3) is 5.10. The fourth-order valence-electron chi connectivity index (χ4n) is 3.31. The first-order chi connectivity index (χ1) is 15.8. The summed E-state index contributed by atoms with van der Waals surface area (Å²) in [6.07, 6.45) is 0. The number of hydrogen-bond donors (Lipinski definition) is 0. The number of methoxy groups -OCH3 is 2. The van der Waals surface area contributed by atoms with Gasteiger partial charge in [0.1, 0.15) is 0 Å². The van der Waals surface area contributed by atoms with Crippen LogP contribution in [0.15, 0.2) is 119 Å². The van der Waals surface area contributed by atoms with Gasteiger partial charge in [-0.15, -0.1) is 0 Å². The van der Waals surface area contributed by atoms with Gasteiger partial charge in [-0.1, -0.05) is 60.7 Å². The third-order valence-electron chi connectivity index (χ3n) is 4.96. The van der Waals surface area contributed by atoms with E-state index in [0.717, 1.165) is 33.6 Å². The highest BCUT2D eigenvalue weighted by Gasteiger charge is 2.07. The van der Waals surface area contributed by atoms with Crippen LogP contribution in [-0.4, -0.2) is 26.0 Å². The molecule has 0 spiro atoms. The summed E-state index contributed by atoms with van der Waals surface area (Å²) < 4.78 is 11.0. The SMILES string of the molecule is CO/C(=N\c1ccccc1)c1ccc(-c2ccc(/C(=N/c3ccccc3)OC)cc2)cc1. The fraction of sp³-hybridized carbons (Fsp3) is 0.0714. The van der Waals surface area contributed by atoms with Crippen molar-refractivity contribution in [3.8, 4) is 11.1 Å². The minimum absolute atomic E-state index is 0.583. The van der Waals surface area contributed by atoms with Crippen LogP contribution in [0.3, 0.4) is 0 Å². The lowest BCUT2D eigenvalue weighted by Gasteiger charge is -2.09. The standard InChI is InChI=1S/C28H24N2O2/c1-31-27(29-25-9-5-3-6-10-25)23-17-13-21(14-18-23)22-15-19-24(20-16-22)28(32-2)30-26-11-7-4-8-12-26/h3-20H,1-2H3/b29-27-,30-28-. The van der Waals surface area contributed by atoms with Crippen molar-refractivity contribution in [1.82, 2.24) is 0 Å². The Morgan fingerprint density at radius 2 is 0.812 bits per heavy atom. The highest BCUT2D eigenvalue weighted by atomic mass is 16.5. The second-order valence-corrected chi connectivity index (χ2v) is 7.07. The molecule has 0 aliphatic rings. The molecule has 0 saturated carbocycles. The molecule has 0 bridgehead atoms. The summed E-state index contributed by atoms with van der Waals surface area (Å²) >= 11 is 0. The van der Waals surface area contributed by atoms with Gasteiger partial charge in [0, 0.05) is 11.1 Å². The Labute approximate surface area is 188 Å². The predicted octanol–water partition coefficient (Wildman–Crippen LogP) is 6.80. The second kappa shape index (κ2) is 10.2. The average molecular weight is 421 g/mol. The van der Waals surface area contributed by atoms with Crippen molar-refractivity contribution in [2.45, 2.75) is 0 Å². The van der Waals surface area contributed by atoms with Gasteiger partial charge in [0.25, 0.3) is 0 Å². The highest BCUT2D eigenvalue weighted by molar-refractivity contribution is 5.97. The van der Waals surface area contributed by atoms with Gasteiger partial charge in [0.05, 0.1) is 25.6 Å². The number of rotatable bonds is 5. The van der Waals surface area contributed by atoms with Crippen LogP contribution in [-0.2, 0) is 9.47 Å². The van der Waals surface area contributed by atoms with Crippen LogP contribution in [0.5, 0.6) is 0 Å². The molecule has 0 heterocycles. The Balaban J connectivity index is 1.54. The molecular weight excluding hydrogens is 396 g/mol. The number of aliphatic imine (C=N–C) groups is 2. The summed E-state index contributed by atoms with van der Waals surface area (Å²) in [5.74, 6) is 1.17. The number of hydrogen-bond acceptors (Lipinski definition) is 4. The Morgan fingerprint density at radius 3 is 1.12 bits per heavy atom. The monoisotopic (exact) mass is 420 g/mol. The Morgan fingerprint density at radius 1 is 0.469 bits per heavy atom. The summed E-state index contributed by atoms with van der Waals surface area (Å²) in [5.41, 5.74) is 5.77. The zero-order valence-corrected chi connectivity index (χ0v) is 18.1. The molecule has 0 radical (unpaired) electrons. The molecule has 0 atom stereocenters. The van der Waals surface area contributed by atoms with Gasteiger partial charge in [0.15, 0.2) is 0 Å². The van der Waals surface area contributed by atoms with Crippen LogP contribution < -0.4 is 0 Å². The van der Waals surface area contributed by atoms with E-state index in [1.807, 2.05) is 84.9 Å². The molecular formula is C28H24N2O2. The summed E-state index contributed by atoms with van der Waals surface area (Å²) in [7, 11) is 3.28. The van der Waals surface area contributed by atoms with Crippen LogP contribution in [0.25, 0.3) is 11.1 Å². The van der Waals surface area contributed by atoms with Crippen molar-refractivity contribution >= 4 is 23.2 Å². The van der Waals surface area contributed by atoms with E-state index >= 15 is 0 Å². The molecule has 4 rings (SSSR count). The molecule has 4 heteroatoms. The molecule has 0 saturated heterocycles. The van der Waals surface area contributed by atoms with Gasteiger partial charge in [0.2, 0.25) is 11.8 Å².